The Morgan fingerprint density at radius 1 is 1.03 bits per heavy atom. The van der Waals surface area contributed by atoms with Gasteiger partial charge in [-0.1, -0.05) is 48.0 Å². The summed E-state index contributed by atoms with van der Waals surface area (Å²) in [5.41, 5.74) is 3.18. The second-order valence-electron chi connectivity index (χ2n) is 6.64. The van der Waals surface area contributed by atoms with Crippen LogP contribution in [0.1, 0.15) is 27.0 Å². The number of carbonyl (C=O) groups excluding carboxylic acids is 1. The predicted molar refractivity (Wildman–Crippen MR) is 109 cm³/mol. The Balaban J connectivity index is 2.27. The van der Waals surface area contributed by atoms with Gasteiger partial charge in [0.2, 0.25) is 0 Å². The van der Waals surface area contributed by atoms with Gasteiger partial charge in [-0.3, -0.25) is 4.79 Å². The largest absolute Gasteiger partial charge is 0.493 e. The van der Waals surface area contributed by atoms with Gasteiger partial charge in [-0.25, -0.2) is 4.79 Å². The average Bonchev–Trinajstić information content (AvgIpc) is 2.72. The van der Waals surface area contributed by atoms with E-state index >= 15 is 0 Å². The fourth-order valence-corrected chi connectivity index (χ4v) is 3.28. The molecule has 6 heteroatoms. The van der Waals surface area contributed by atoms with Gasteiger partial charge in [0.1, 0.15) is 0 Å². The number of Topliss-reactive ketones (excluding diaryl/α,β-unsaturated/α-hetero) is 1. The van der Waals surface area contributed by atoms with E-state index in [1.54, 1.807) is 12.1 Å². The van der Waals surface area contributed by atoms with Crippen LogP contribution in [-0.2, 0) is 16.0 Å². The number of hydrogen-bond acceptors (Lipinski definition) is 5. The van der Waals surface area contributed by atoms with Gasteiger partial charge in [-0.05, 0) is 35.9 Å². The zero-order valence-corrected chi connectivity index (χ0v) is 16.5. The summed E-state index contributed by atoms with van der Waals surface area (Å²) in [6.45, 7) is 2.00. The maximum absolute atomic E-state index is 12.3. The first-order valence-electron chi connectivity index (χ1n) is 9.03. The van der Waals surface area contributed by atoms with Gasteiger partial charge < -0.3 is 19.3 Å². The first-order valence-corrected chi connectivity index (χ1v) is 9.03. The fourth-order valence-electron chi connectivity index (χ4n) is 3.28. The molecule has 150 valence electrons. The SMILES string of the molecule is COCOc1c(OC)cc(C(=O)C(=O)O)c2cccc(Cc3ccc(C)cc3)c12. The van der Waals surface area contributed by atoms with Crippen molar-refractivity contribution in [3.05, 3.63) is 70.8 Å². The molecule has 3 aromatic carbocycles. The molecule has 0 aliphatic rings. The van der Waals surface area contributed by atoms with Crippen molar-refractivity contribution in [3.8, 4) is 11.5 Å². The minimum atomic E-state index is -1.53. The number of hydrogen-bond donors (Lipinski definition) is 1. The topological polar surface area (TPSA) is 82.1 Å². The van der Waals surface area contributed by atoms with Crippen molar-refractivity contribution in [1.29, 1.82) is 0 Å². The number of ketones is 1. The van der Waals surface area contributed by atoms with Crippen LogP contribution in [0.3, 0.4) is 0 Å². The van der Waals surface area contributed by atoms with Crippen LogP contribution in [0.25, 0.3) is 10.8 Å². The highest BCUT2D eigenvalue weighted by atomic mass is 16.7. The number of fused-ring (bicyclic) bond motifs is 1. The number of methoxy groups -OCH3 is 2. The number of carboxylic acid groups (broad SMARTS) is 1. The molecule has 0 radical (unpaired) electrons. The molecule has 0 fully saturated rings. The molecule has 0 amide bonds. The standard InChI is InChI=1S/C23H22O6/c1-14-7-9-15(10-8-14)11-16-5-4-6-17-18(21(24)23(25)26)12-19(28-3)22(20(16)17)29-13-27-2/h4-10,12H,11,13H2,1-3H3,(H,25,26). The van der Waals surface area contributed by atoms with Gasteiger partial charge in [-0.2, -0.15) is 0 Å². The third-order valence-corrected chi connectivity index (χ3v) is 4.66. The van der Waals surface area contributed by atoms with Gasteiger partial charge >= 0.3 is 5.97 Å². The van der Waals surface area contributed by atoms with Crippen LogP contribution in [0.5, 0.6) is 11.5 Å². The molecule has 6 nitrogen and oxygen atoms in total. The lowest BCUT2D eigenvalue weighted by Crippen LogP contribution is -2.14. The molecule has 0 atom stereocenters. The lowest BCUT2D eigenvalue weighted by Gasteiger charge is -2.18. The number of aliphatic carboxylic acids is 1. The molecular weight excluding hydrogens is 372 g/mol. The summed E-state index contributed by atoms with van der Waals surface area (Å²) in [5, 5.41) is 10.4. The summed E-state index contributed by atoms with van der Waals surface area (Å²) in [5.74, 6) is -1.84. The van der Waals surface area contributed by atoms with Crippen molar-refractivity contribution in [2.24, 2.45) is 0 Å². The van der Waals surface area contributed by atoms with E-state index in [0.717, 1.165) is 16.7 Å². The number of carboxylic acids is 1. The molecule has 3 aromatic rings. The molecular formula is C23H22O6. The van der Waals surface area contributed by atoms with Crippen LogP contribution >= 0.6 is 0 Å². The van der Waals surface area contributed by atoms with Gasteiger partial charge in [0.25, 0.3) is 5.78 Å². The molecule has 0 aromatic heterocycles. The second kappa shape index (κ2) is 8.75. The number of benzene rings is 3. The highest BCUT2D eigenvalue weighted by Crippen LogP contribution is 2.41. The Morgan fingerprint density at radius 2 is 1.76 bits per heavy atom. The fraction of sp³-hybridized carbons (Fsp3) is 0.217. The summed E-state index contributed by atoms with van der Waals surface area (Å²) in [4.78, 5) is 23.7. The lowest BCUT2D eigenvalue weighted by atomic mass is 9.93. The number of carbonyl (C=O) groups is 2. The molecule has 0 spiro atoms. The van der Waals surface area contributed by atoms with Crippen molar-refractivity contribution in [3.63, 3.8) is 0 Å². The molecule has 0 bridgehead atoms. The maximum Gasteiger partial charge on any atom is 0.377 e. The highest BCUT2D eigenvalue weighted by molar-refractivity contribution is 6.42. The van der Waals surface area contributed by atoms with E-state index in [4.69, 9.17) is 14.2 Å². The van der Waals surface area contributed by atoms with E-state index in [1.807, 2.05) is 37.3 Å². The molecule has 1 N–H and O–H groups in total. The van der Waals surface area contributed by atoms with Crippen LogP contribution in [0.2, 0.25) is 0 Å². The minimum absolute atomic E-state index is 0.0173. The highest BCUT2D eigenvalue weighted by Gasteiger charge is 2.24. The number of aryl methyl sites for hydroxylation is 1. The molecule has 0 heterocycles. The normalized spacial score (nSPS) is 10.7. The summed E-state index contributed by atoms with van der Waals surface area (Å²) >= 11 is 0. The van der Waals surface area contributed by atoms with Crippen LogP contribution in [0.15, 0.2) is 48.5 Å². The minimum Gasteiger partial charge on any atom is -0.493 e. The molecule has 0 saturated carbocycles. The quantitative estimate of drug-likeness (QED) is 0.353. The van der Waals surface area contributed by atoms with Crippen molar-refractivity contribution in [2.75, 3.05) is 21.0 Å². The van der Waals surface area contributed by atoms with E-state index in [-0.39, 0.29) is 18.1 Å². The van der Waals surface area contributed by atoms with Gasteiger partial charge in [-0.15, -0.1) is 0 Å². The maximum atomic E-state index is 12.3. The van der Waals surface area contributed by atoms with E-state index in [1.165, 1.54) is 20.3 Å². The Labute approximate surface area is 168 Å². The van der Waals surface area contributed by atoms with E-state index < -0.39 is 11.8 Å². The zero-order chi connectivity index (χ0) is 21.0. The van der Waals surface area contributed by atoms with Crippen molar-refractivity contribution in [2.45, 2.75) is 13.3 Å². The molecule has 3 rings (SSSR count). The average molecular weight is 394 g/mol. The third kappa shape index (κ3) is 4.22. The summed E-state index contributed by atoms with van der Waals surface area (Å²) in [6, 6.07) is 15.0. The van der Waals surface area contributed by atoms with Crippen LogP contribution in [-0.4, -0.2) is 37.9 Å². The Kier molecular flexibility index (Phi) is 6.14. The zero-order valence-electron chi connectivity index (χ0n) is 16.5. The lowest BCUT2D eigenvalue weighted by molar-refractivity contribution is -0.131. The third-order valence-electron chi connectivity index (χ3n) is 4.66. The Morgan fingerprint density at radius 3 is 2.38 bits per heavy atom. The van der Waals surface area contributed by atoms with E-state index in [0.29, 0.717) is 22.9 Å². The predicted octanol–water partition coefficient (Wildman–Crippen LogP) is 4.00. The summed E-state index contributed by atoms with van der Waals surface area (Å²) in [7, 11) is 2.95. The molecule has 0 aliphatic carbocycles. The number of rotatable bonds is 8. The number of ether oxygens (including phenoxy) is 3. The van der Waals surface area contributed by atoms with E-state index in [9.17, 15) is 14.7 Å². The van der Waals surface area contributed by atoms with Gasteiger partial charge in [0.15, 0.2) is 18.3 Å². The Hall–Kier alpha value is -3.38. The first kappa shape index (κ1) is 20.4. The monoisotopic (exact) mass is 394 g/mol. The van der Waals surface area contributed by atoms with E-state index in [2.05, 4.69) is 0 Å². The Bertz CT molecular complexity index is 1050. The molecule has 0 saturated heterocycles. The summed E-state index contributed by atoms with van der Waals surface area (Å²) in [6.07, 6.45) is 0.578. The van der Waals surface area contributed by atoms with Crippen LogP contribution in [0, 0.1) is 6.92 Å². The smallest absolute Gasteiger partial charge is 0.377 e. The second-order valence-corrected chi connectivity index (χ2v) is 6.64. The van der Waals surface area contributed by atoms with Crippen molar-refractivity contribution in [1.82, 2.24) is 0 Å². The molecule has 29 heavy (non-hydrogen) atoms. The molecule has 0 unspecified atom stereocenters. The van der Waals surface area contributed by atoms with Crippen molar-refractivity contribution >= 4 is 22.5 Å². The molecule has 0 aliphatic heterocycles. The summed E-state index contributed by atoms with van der Waals surface area (Å²) < 4.78 is 16.2. The first-order chi connectivity index (χ1) is 14.0. The van der Waals surface area contributed by atoms with Gasteiger partial charge in [0, 0.05) is 18.1 Å². The van der Waals surface area contributed by atoms with Crippen molar-refractivity contribution < 1.29 is 28.9 Å². The van der Waals surface area contributed by atoms with Crippen LogP contribution in [0.4, 0.5) is 0 Å². The van der Waals surface area contributed by atoms with Crippen LogP contribution < -0.4 is 9.47 Å². The van der Waals surface area contributed by atoms with Gasteiger partial charge in [0.05, 0.1) is 7.11 Å².